The van der Waals surface area contributed by atoms with Crippen LogP contribution in [0.2, 0.25) is 0 Å². The first-order chi connectivity index (χ1) is 8.75. The summed E-state index contributed by atoms with van der Waals surface area (Å²) < 4.78 is 23.7. The highest BCUT2D eigenvalue weighted by molar-refractivity contribution is 7.89. The summed E-state index contributed by atoms with van der Waals surface area (Å²) in [7, 11) is -4.34. The molecule has 0 atom stereocenters. The van der Waals surface area contributed by atoms with E-state index in [9.17, 15) is 23.3 Å². The van der Waals surface area contributed by atoms with Crippen LogP contribution in [0.4, 0.5) is 5.69 Å². The Balaban J connectivity index is 3.14. The third-order valence-electron chi connectivity index (χ3n) is 2.02. The van der Waals surface area contributed by atoms with Crippen LogP contribution in [0.5, 0.6) is 0 Å². The fraction of sp³-hybridized carbons (Fsp3) is 0.222. The molecule has 0 spiro atoms. The molecule has 0 radical (unpaired) electrons. The van der Waals surface area contributed by atoms with Crippen molar-refractivity contribution in [2.45, 2.75) is 11.8 Å². The molecule has 1 aromatic carbocycles. The molecule has 0 amide bonds. The Kier molecular flexibility index (Phi) is 4.53. The van der Waals surface area contributed by atoms with Crippen LogP contribution in [-0.2, 0) is 19.7 Å². The minimum absolute atomic E-state index is 0.139. The zero-order chi connectivity index (χ0) is 14.6. The number of nitro groups is 1. The molecule has 0 aliphatic rings. The van der Waals surface area contributed by atoms with Crippen LogP contribution >= 0.6 is 0 Å². The molecule has 0 aliphatic heterocycles. The number of hydrogen-bond donors (Lipinski definition) is 2. The lowest BCUT2D eigenvalue weighted by atomic mass is 10.2. The first kappa shape index (κ1) is 15.0. The van der Waals surface area contributed by atoms with Crippen molar-refractivity contribution in [3.63, 3.8) is 0 Å². The lowest BCUT2D eigenvalue weighted by Crippen LogP contribution is -2.28. The summed E-state index contributed by atoms with van der Waals surface area (Å²) in [4.78, 5) is 25.3. The van der Waals surface area contributed by atoms with Gasteiger partial charge in [0.15, 0.2) is 11.5 Å². The van der Waals surface area contributed by atoms with Crippen molar-refractivity contribution in [2.75, 3.05) is 6.61 Å². The van der Waals surface area contributed by atoms with Gasteiger partial charge in [-0.3, -0.25) is 15.0 Å². The summed E-state index contributed by atoms with van der Waals surface area (Å²) in [5.74, 6) is -1.39. The normalized spacial score (nSPS) is 11.2. The van der Waals surface area contributed by atoms with E-state index in [1.165, 1.54) is 23.9 Å². The molecule has 0 bridgehead atoms. The van der Waals surface area contributed by atoms with Crippen molar-refractivity contribution in [3.8, 4) is 0 Å². The van der Waals surface area contributed by atoms with Crippen LogP contribution in [0.1, 0.15) is 5.56 Å². The van der Waals surface area contributed by atoms with E-state index >= 15 is 0 Å². The molecule has 0 saturated carbocycles. The van der Waals surface area contributed by atoms with Crippen molar-refractivity contribution in [3.05, 3.63) is 33.9 Å². The number of carboxylic acids is 1. The van der Waals surface area contributed by atoms with Gasteiger partial charge in [-0.1, -0.05) is 17.0 Å². The fourth-order valence-corrected chi connectivity index (χ4v) is 2.55. The van der Waals surface area contributed by atoms with Crippen molar-refractivity contribution >= 4 is 21.7 Å². The number of nitrogens with one attached hydrogen (secondary N) is 1. The van der Waals surface area contributed by atoms with Crippen LogP contribution in [0.25, 0.3) is 0 Å². The third kappa shape index (κ3) is 3.71. The second-order valence-electron chi connectivity index (χ2n) is 3.45. The van der Waals surface area contributed by atoms with Gasteiger partial charge in [-0.15, -0.1) is 0 Å². The van der Waals surface area contributed by atoms with E-state index in [1.807, 2.05) is 0 Å². The topological polar surface area (TPSA) is 136 Å². The van der Waals surface area contributed by atoms with Crippen LogP contribution < -0.4 is 4.89 Å². The average molecular weight is 290 g/mol. The molecular weight excluding hydrogens is 280 g/mol. The number of aliphatic carboxylic acids is 1. The highest BCUT2D eigenvalue weighted by Crippen LogP contribution is 2.26. The van der Waals surface area contributed by atoms with Gasteiger partial charge >= 0.3 is 5.97 Å². The highest BCUT2D eigenvalue weighted by Gasteiger charge is 2.28. The molecule has 2 N–H and O–H groups in total. The molecule has 1 rings (SSSR count). The van der Waals surface area contributed by atoms with Crippen LogP contribution in [0.15, 0.2) is 23.1 Å². The van der Waals surface area contributed by atoms with Gasteiger partial charge in [-0.2, -0.15) is 0 Å². The van der Waals surface area contributed by atoms with Crippen molar-refractivity contribution in [1.29, 1.82) is 0 Å². The molecule has 10 heteroatoms. The van der Waals surface area contributed by atoms with E-state index in [-0.39, 0.29) is 5.56 Å². The molecular formula is C9H10N2O7S. The van der Waals surface area contributed by atoms with Gasteiger partial charge in [-0.25, -0.2) is 13.2 Å². The molecule has 104 valence electrons. The number of rotatable bonds is 6. The zero-order valence-corrected chi connectivity index (χ0v) is 10.5. The number of carboxylic acid groups (broad SMARTS) is 1. The van der Waals surface area contributed by atoms with Crippen molar-refractivity contribution in [1.82, 2.24) is 4.89 Å². The van der Waals surface area contributed by atoms with Gasteiger partial charge in [0.2, 0.25) is 0 Å². The Hall–Kier alpha value is -2.04. The number of nitrogens with zero attached hydrogens (tertiary/aromatic N) is 1. The number of sulfonamides is 1. The number of hydrogen-bond acceptors (Lipinski definition) is 6. The van der Waals surface area contributed by atoms with E-state index < -0.39 is 38.1 Å². The zero-order valence-electron chi connectivity index (χ0n) is 9.69. The highest BCUT2D eigenvalue weighted by atomic mass is 32.2. The summed E-state index contributed by atoms with van der Waals surface area (Å²) in [6.07, 6.45) is 0. The maximum Gasteiger partial charge on any atom is 0.331 e. The quantitative estimate of drug-likeness (QED) is 0.564. The van der Waals surface area contributed by atoms with Gasteiger partial charge in [0.25, 0.3) is 15.7 Å². The lowest BCUT2D eigenvalue weighted by molar-refractivity contribution is -0.387. The first-order valence-electron chi connectivity index (χ1n) is 4.85. The van der Waals surface area contributed by atoms with Gasteiger partial charge in [0.1, 0.15) is 0 Å². The smallest absolute Gasteiger partial charge is 0.331 e. The molecule has 19 heavy (non-hydrogen) atoms. The second-order valence-corrected chi connectivity index (χ2v) is 5.03. The summed E-state index contributed by atoms with van der Waals surface area (Å²) in [6.45, 7) is 0.470. The molecule has 1 aromatic rings. The average Bonchev–Trinajstić information content (AvgIpc) is 2.27. The fourth-order valence-electron chi connectivity index (χ4n) is 1.34. The van der Waals surface area contributed by atoms with Crippen molar-refractivity contribution in [2.24, 2.45) is 0 Å². The van der Waals surface area contributed by atoms with Crippen LogP contribution in [-0.4, -0.2) is 31.0 Å². The maximum absolute atomic E-state index is 11.8. The summed E-state index contributed by atoms with van der Waals surface area (Å²) >= 11 is 0. The Morgan fingerprint density at radius 3 is 2.68 bits per heavy atom. The minimum Gasteiger partial charge on any atom is -0.479 e. The van der Waals surface area contributed by atoms with Gasteiger partial charge in [0, 0.05) is 6.07 Å². The van der Waals surface area contributed by atoms with Gasteiger partial charge < -0.3 is 5.11 Å². The van der Waals surface area contributed by atoms with Gasteiger partial charge in [-0.05, 0) is 12.5 Å². The molecule has 0 unspecified atom stereocenters. The van der Waals surface area contributed by atoms with E-state index in [2.05, 4.69) is 4.84 Å². The van der Waals surface area contributed by atoms with Gasteiger partial charge in [0.05, 0.1) is 4.92 Å². The minimum atomic E-state index is -4.34. The molecule has 0 aliphatic carbocycles. The largest absolute Gasteiger partial charge is 0.479 e. The lowest BCUT2D eigenvalue weighted by Gasteiger charge is -2.08. The number of nitro benzene ring substituents is 1. The summed E-state index contributed by atoms with van der Waals surface area (Å²) in [5, 5.41) is 19.1. The second kappa shape index (κ2) is 5.73. The maximum atomic E-state index is 11.8. The molecule has 0 heterocycles. The molecule has 0 aromatic heterocycles. The SMILES string of the molecule is Cc1cccc([N+](=O)[O-])c1S(=O)(=O)NOCC(=O)O. The monoisotopic (exact) mass is 290 g/mol. The molecule has 0 fully saturated rings. The Bertz CT molecular complexity index is 611. The summed E-state index contributed by atoms with van der Waals surface area (Å²) in [5.41, 5.74) is -0.480. The van der Waals surface area contributed by atoms with Crippen molar-refractivity contribution < 1.29 is 28.1 Å². The van der Waals surface area contributed by atoms with Crippen LogP contribution in [0, 0.1) is 17.0 Å². The molecule has 0 saturated heterocycles. The Labute approximate surface area is 108 Å². The standard InChI is InChI=1S/C9H10N2O7S/c1-6-3-2-4-7(11(14)15)9(6)19(16,17)10-18-5-8(12)13/h2-4,10H,5H2,1H3,(H,12,13). The van der Waals surface area contributed by atoms with E-state index in [0.29, 0.717) is 0 Å². The Morgan fingerprint density at radius 2 is 2.16 bits per heavy atom. The molecule has 9 nitrogen and oxygen atoms in total. The van der Waals surface area contributed by atoms with E-state index in [1.54, 1.807) is 0 Å². The van der Waals surface area contributed by atoms with Crippen LogP contribution in [0.3, 0.4) is 0 Å². The van der Waals surface area contributed by atoms with E-state index in [4.69, 9.17) is 5.11 Å². The number of aryl methyl sites for hydroxylation is 1. The van der Waals surface area contributed by atoms with E-state index in [0.717, 1.165) is 6.07 Å². The number of carbonyl (C=O) groups is 1. The predicted molar refractivity (Wildman–Crippen MR) is 61.7 cm³/mol. The number of benzene rings is 1. The summed E-state index contributed by atoms with van der Waals surface area (Å²) in [6, 6.07) is 3.74. The predicted octanol–water partition coefficient (Wildman–Crippen LogP) is 0.198. The Morgan fingerprint density at radius 1 is 1.53 bits per heavy atom. The third-order valence-corrected chi connectivity index (χ3v) is 3.43. The first-order valence-corrected chi connectivity index (χ1v) is 6.33.